The molecule has 0 radical (unpaired) electrons. The van der Waals surface area contributed by atoms with Crippen molar-refractivity contribution in [3.05, 3.63) is 34.1 Å². The molecule has 1 aliphatic rings. The fraction of sp³-hybridized carbons (Fsp3) is 0.500. The van der Waals surface area contributed by atoms with E-state index in [9.17, 15) is 9.18 Å². The van der Waals surface area contributed by atoms with E-state index in [1.165, 1.54) is 6.07 Å². The molecule has 1 aromatic rings. The molecule has 1 amide bonds. The number of carbonyl (C=O) groups is 1. The quantitative estimate of drug-likeness (QED) is 0.927. The van der Waals surface area contributed by atoms with Crippen LogP contribution in [0.5, 0.6) is 0 Å². The van der Waals surface area contributed by atoms with Crippen LogP contribution in [0.4, 0.5) is 4.39 Å². The van der Waals surface area contributed by atoms with Crippen LogP contribution in [0, 0.1) is 11.7 Å². The van der Waals surface area contributed by atoms with E-state index >= 15 is 0 Å². The number of amides is 1. The molecule has 1 fully saturated rings. The molecule has 2 unspecified atom stereocenters. The molecule has 0 spiro atoms. The minimum atomic E-state index is -0.308. The number of halogens is 2. The highest BCUT2D eigenvalue weighted by Crippen LogP contribution is 2.34. The molecular weight excluding hydrogens is 311 g/mol. The molecule has 1 saturated heterocycles. The number of rotatable bonds is 3. The first-order valence-electron chi connectivity index (χ1n) is 6.40. The van der Waals surface area contributed by atoms with Crippen molar-refractivity contribution in [2.75, 3.05) is 6.54 Å². The number of hydrogen-bond donors (Lipinski definition) is 1. The Bertz CT molecular complexity index is 492. The van der Waals surface area contributed by atoms with Gasteiger partial charge in [0.15, 0.2) is 0 Å². The Kier molecular flexibility index (Phi) is 4.26. The maximum Gasteiger partial charge on any atom is 0.224 e. The van der Waals surface area contributed by atoms with E-state index < -0.39 is 0 Å². The van der Waals surface area contributed by atoms with Crippen LogP contribution in [0.1, 0.15) is 31.9 Å². The van der Waals surface area contributed by atoms with E-state index in [1.807, 2.05) is 4.90 Å². The van der Waals surface area contributed by atoms with Crippen molar-refractivity contribution < 1.29 is 9.18 Å². The summed E-state index contributed by atoms with van der Waals surface area (Å²) in [6, 6.07) is 4.43. The van der Waals surface area contributed by atoms with Gasteiger partial charge in [0.1, 0.15) is 5.82 Å². The van der Waals surface area contributed by atoms with Gasteiger partial charge >= 0.3 is 0 Å². The van der Waals surface area contributed by atoms with E-state index in [2.05, 4.69) is 29.8 Å². The first-order chi connectivity index (χ1) is 8.90. The smallest absolute Gasteiger partial charge is 0.224 e. The zero-order valence-corrected chi connectivity index (χ0v) is 12.7. The Balaban J connectivity index is 2.33. The maximum absolute atomic E-state index is 13.3. The van der Waals surface area contributed by atoms with E-state index in [4.69, 9.17) is 5.73 Å². The molecule has 2 rings (SSSR count). The summed E-state index contributed by atoms with van der Waals surface area (Å²) in [4.78, 5) is 13.8. The molecule has 2 atom stereocenters. The summed E-state index contributed by atoms with van der Waals surface area (Å²) in [6.07, 6.45) is 0.354. The zero-order valence-electron chi connectivity index (χ0n) is 11.1. The summed E-state index contributed by atoms with van der Waals surface area (Å²) in [6.45, 7) is 4.80. The van der Waals surface area contributed by atoms with Gasteiger partial charge in [-0.25, -0.2) is 4.39 Å². The fourth-order valence-corrected chi connectivity index (χ4v) is 2.95. The first kappa shape index (κ1) is 14.5. The van der Waals surface area contributed by atoms with Crippen LogP contribution in [0.25, 0.3) is 0 Å². The lowest BCUT2D eigenvalue weighted by molar-refractivity contribution is -0.129. The molecule has 1 heterocycles. The monoisotopic (exact) mass is 328 g/mol. The van der Waals surface area contributed by atoms with Crippen molar-refractivity contribution in [3.63, 3.8) is 0 Å². The lowest BCUT2D eigenvalue weighted by Gasteiger charge is -2.29. The second-order valence-corrected chi connectivity index (χ2v) is 6.28. The van der Waals surface area contributed by atoms with Gasteiger partial charge in [0.2, 0.25) is 5.91 Å². The molecule has 3 nitrogen and oxygen atoms in total. The minimum absolute atomic E-state index is 0.0756. The fourth-order valence-electron chi connectivity index (χ4n) is 2.55. The van der Waals surface area contributed by atoms with Crippen molar-refractivity contribution in [2.24, 2.45) is 11.7 Å². The summed E-state index contributed by atoms with van der Waals surface area (Å²) in [5.74, 6) is 0.143. The average molecular weight is 329 g/mol. The van der Waals surface area contributed by atoms with Gasteiger partial charge in [-0.15, -0.1) is 0 Å². The molecule has 0 bridgehead atoms. The second kappa shape index (κ2) is 5.59. The van der Waals surface area contributed by atoms with Gasteiger partial charge in [0.05, 0.1) is 10.5 Å². The third-order valence-electron chi connectivity index (χ3n) is 3.32. The molecule has 19 heavy (non-hydrogen) atoms. The molecule has 1 aliphatic heterocycles. The Labute approximate surface area is 121 Å². The summed E-state index contributed by atoms with van der Waals surface area (Å²) >= 11 is 3.18. The van der Waals surface area contributed by atoms with Gasteiger partial charge in [0, 0.05) is 19.0 Å². The normalized spacial score (nSPS) is 23.5. The highest BCUT2D eigenvalue weighted by molar-refractivity contribution is 9.10. The molecule has 0 aliphatic carbocycles. The average Bonchev–Trinajstić information content (AvgIpc) is 2.57. The van der Waals surface area contributed by atoms with Crippen molar-refractivity contribution in [2.45, 2.75) is 32.4 Å². The Morgan fingerprint density at radius 2 is 2.21 bits per heavy atom. The molecule has 2 N–H and O–H groups in total. The Hall–Kier alpha value is -0.940. The molecule has 0 aromatic heterocycles. The van der Waals surface area contributed by atoms with Crippen LogP contribution in [-0.4, -0.2) is 23.4 Å². The predicted octanol–water partition coefficient (Wildman–Crippen LogP) is 2.84. The number of nitrogens with two attached hydrogens (primary N) is 1. The van der Waals surface area contributed by atoms with Crippen LogP contribution >= 0.6 is 15.9 Å². The zero-order chi connectivity index (χ0) is 14.2. The van der Waals surface area contributed by atoms with Gasteiger partial charge in [-0.05, 0) is 39.5 Å². The number of benzene rings is 1. The molecular formula is C14H18BrFN2O. The Morgan fingerprint density at radius 3 is 2.79 bits per heavy atom. The van der Waals surface area contributed by atoms with Crippen molar-refractivity contribution in [1.82, 2.24) is 4.90 Å². The summed E-state index contributed by atoms with van der Waals surface area (Å²) in [5, 5.41) is 0. The third kappa shape index (κ3) is 2.98. The number of carbonyl (C=O) groups excluding carboxylic acids is 1. The van der Waals surface area contributed by atoms with E-state index in [0.717, 1.165) is 5.56 Å². The van der Waals surface area contributed by atoms with Gasteiger partial charge in [-0.3, -0.25) is 4.79 Å². The summed E-state index contributed by atoms with van der Waals surface area (Å²) < 4.78 is 13.7. The van der Waals surface area contributed by atoms with Crippen LogP contribution < -0.4 is 5.73 Å². The maximum atomic E-state index is 13.3. The highest BCUT2D eigenvalue weighted by atomic mass is 79.9. The molecule has 1 aromatic carbocycles. The largest absolute Gasteiger partial charge is 0.334 e. The van der Waals surface area contributed by atoms with Gasteiger partial charge < -0.3 is 10.6 Å². The highest BCUT2D eigenvalue weighted by Gasteiger charge is 2.38. The van der Waals surface area contributed by atoms with Crippen LogP contribution in [0.15, 0.2) is 22.7 Å². The van der Waals surface area contributed by atoms with Gasteiger partial charge in [-0.2, -0.15) is 0 Å². The summed E-state index contributed by atoms with van der Waals surface area (Å²) in [5.41, 5.74) is 6.97. The first-order valence-corrected chi connectivity index (χ1v) is 7.19. The molecule has 0 saturated carbocycles. The van der Waals surface area contributed by atoms with E-state index in [0.29, 0.717) is 23.4 Å². The van der Waals surface area contributed by atoms with E-state index in [1.54, 1.807) is 12.1 Å². The van der Waals surface area contributed by atoms with E-state index in [-0.39, 0.29) is 23.8 Å². The van der Waals surface area contributed by atoms with Crippen LogP contribution in [-0.2, 0) is 4.79 Å². The lowest BCUT2D eigenvalue weighted by atomic mass is 10.00. The Morgan fingerprint density at radius 1 is 1.53 bits per heavy atom. The van der Waals surface area contributed by atoms with Crippen LogP contribution in [0.2, 0.25) is 0 Å². The second-order valence-electron chi connectivity index (χ2n) is 5.43. The number of likely N-dealkylation sites (tertiary alicyclic amines) is 1. The molecule has 5 heteroatoms. The van der Waals surface area contributed by atoms with Gasteiger partial charge in [-0.1, -0.05) is 19.9 Å². The van der Waals surface area contributed by atoms with Crippen molar-refractivity contribution in [1.29, 1.82) is 0 Å². The topological polar surface area (TPSA) is 46.3 Å². The van der Waals surface area contributed by atoms with Crippen LogP contribution in [0.3, 0.4) is 0 Å². The molecule has 104 valence electrons. The third-order valence-corrected chi connectivity index (χ3v) is 3.93. The lowest BCUT2D eigenvalue weighted by Crippen LogP contribution is -2.35. The van der Waals surface area contributed by atoms with Crippen molar-refractivity contribution >= 4 is 21.8 Å². The standard InChI is InChI=1S/C14H18BrFN2O/c1-8(2)7-18-13(19)6-12(17)14(18)9-3-4-11(16)10(15)5-9/h3-5,8,12,14H,6-7,17H2,1-2H3. The SMILES string of the molecule is CC(C)CN1C(=O)CC(N)C1c1ccc(F)c(Br)c1. The number of hydrogen-bond acceptors (Lipinski definition) is 2. The number of nitrogens with zero attached hydrogens (tertiary/aromatic N) is 1. The minimum Gasteiger partial charge on any atom is -0.334 e. The summed E-state index contributed by atoms with van der Waals surface area (Å²) in [7, 11) is 0. The van der Waals surface area contributed by atoms with Crippen molar-refractivity contribution in [3.8, 4) is 0 Å². The van der Waals surface area contributed by atoms with Gasteiger partial charge in [0.25, 0.3) is 0 Å². The predicted molar refractivity (Wildman–Crippen MR) is 76.0 cm³/mol.